The van der Waals surface area contributed by atoms with Gasteiger partial charge in [-0.1, -0.05) is 6.07 Å². The maximum atomic E-state index is 13.7. The SMILES string of the molecule is CCOc1cccc(NCc2cc(C(N)=O)ccc2F)c1. The fourth-order valence-corrected chi connectivity index (χ4v) is 1.92. The van der Waals surface area contributed by atoms with E-state index < -0.39 is 5.91 Å². The lowest BCUT2D eigenvalue weighted by atomic mass is 10.1. The van der Waals surface area contributed by atoms with E-state index in [-0.39, 0.29) is 17.9 Å². The average Bonchev–Trinajstić information content (AvgIpc) is 2.47. The van der Waals surface area contributed by atoms with E-state index in [0.717, 1.165) is 11.4 Å². The highest BCUT2D eigenvalue weighted by Crippen LogP contribution is 2.19. The van der Waals surface area contributed by atoms with Crippen LogP contribution in [-0.2, 0) is 6.54 Å². The molecular formula is C16H17FN2O2. The second-order valence-electron chi connectivity index (χ2n) is 4.48. The van der Waals surface area contributed by atoms with Crippen LogP contribution in [0.5, 0.6) is 5.75 Å². The molecule has 0 bridgehead atoms. The molecule has 3 N–H and O–H groups in total. The van der Waals surface area contributed by atoms with Crippen LogP contribution in [0.2, 0.25) is 0 Å². The number of nitrogens with one attached hydrogen (secondary N) is 1. The Hall–Kier alpha value is -2.56. The lowest BCUT2D eigenvalue weighted by Crippen LogP contribution is -2.12. The molecule has 21 heavy (non-hydrogen) atoms. The number of primary amides is 1. The summed E-state index contributed by atoms with van der Waals surface area (Å²) in [6.45, 7) is 2.74. The van der Waals surface area contributed by atoms with Crippen LogP contribution >= 0.6 is 0 Å². The van der Waals surface area contributed by atoms with Crippen LogP contribution in [0.15, 0.2) is 42.5 Å². The fourth-order valence-electron chi connectivity index (χ4n) is 1.92. The van der Waals surface area contributed by atoms with Crippen molar-refractivity contribution in [2.75, 3.05) is 11.9 Å². The molecule has 1 amide bonds. The first-order valence-electron chi connectivity index (χ1n) is 6.65. The molecule has 2 aromatic rings. The Bertz CT molecular complexity index is 644. The number of hydrogen-bond donors (Lipinski definition) is 2. The van der Waals surface area contributed by atoms with Crippen molar-refractivity contribution in [3.05, 3.63) is 59.4 Å². The number of hydrogen-bond acceptors (Lipinski definition) is 3. The van der Waals surface area contributed by atoms with Crippen molar-refractivity contribution in [3.8, 4) is 5.75 Å². The largest absolute Gasteiger partial charge is 0.494 e. The minimum atomic E-state index is -0.574. The van der Waals surface area contributed by atoms with Crippen LogP contribution in [0.4, 0.5) is 10.1 Å². The lowest BCUT2D eigenvalue weighted by Gasteiger charge is -2.10. The molecule has 0 unspecified atom stereocenters. The maximum Gasteiger partial charge on any atom is 0.248 e. The van der Waals surface area contributed by atoms with Crippen LogP contribution in [0, 0.1) is 5.82 Å². The van der Waals surface area contributed by atoms with Crippen molar-refractivity contribution in [3.63, 3.8) is 0 Å². The van der Waals surface area contributed by atoms with E-state index in [2.05, 4.69) is 5.32 Å². The number of ether oxygens (including phenoxy) is 1. The summed E-state index contributed by atoms with van der Waals surface area (Å²) in [6.07, 6.45) is 0. The van der Waals surface area contributed by atoms with Gasteiger partial charge in [0, 0.05) is 29.4 Å². The first-order chi connectivity index (χ1) is 10.1. The molecule has 0 aliphatic heterocycles. The highest BCUT2D eigenvalue weighted by Gasteiger charge is 2.07. The Morgan fingerprint density at radius 2 is 2.10 bits per heavy atom. The number of amides is 1. The molecule has 0 aliphatic carbocycles. The summed E-state index contributed by atoms with van der Waals surface area (Å²) in [5.41, 5.74) is 6.68. The second kappa shape index (κ2) is 6.74. The van der Waals surface area contributed by atoms with Crippen molar-refractivity contribution < 1.29 is 13.9 Å². The number of carbonyl (C=O) groups excluding carboxylic acids is 1. The zero-order valence-corrected chi connectivity index (χ0v) is 11.7. The van der Waals surface area contributed by atoms with Crippen molar-refractivity contribution in [1.82, 2.24) is 0 Å². The van der Waals surface area contributed by atoms with Crippen LogP contribution in [0.1, 0.15) is 22.8 Å². The maximum absolute atomic E-state index is 13.7. The van der Waals surface area contributed by atoms with Crippen LogP contribution < -0.4 is 15.8 Å². The topological polar surface area (TPSA) is 64.3 Å². The minimum Gasteiger partial charge on any atom is -0.494 e. The zero-order valence-electron chi connectivity index (χ0n) is 11.7. The summed E-state index contributed by atoms with van der Waals surface area (Å²) in [4.78, 5) is 11.1. The minimum absolute atomic E-state index is 0.253. The number of halogens is 1. The molecular weight excluding hydrogens is 271 g/mol. The summed E-state index contributed by atoms with van der Waals surface area (Å²) in [6, 6.07) is 11.5. The molecule has 0 spiro atoms. The molecule has 4 nitrogen and oxygen atoms in total. The van der Waals surface area contributed by atoms with Gasteiger partial charge in [0.1, 0.15) is 11.6 Å². The lowest BCUT2D eigenvalue weighted by molar-refractivity contribution is 0.1000. The molecule has 0 fully saturated rings. The average molecular weight is 288 g/mol. The van der Waals surface area contributed by atoms with E-state index in [0.29, 0.717) is 12.2 Å². The quantitative estimate of drug-likeness (QED) is 0.859. The van der Waals surface area contributed by atoms with Gasteiger partial charge in [0.15, 0.2) is 0 Å². The van der Waals surface area contributed by atoms with E-state index in [4.69, 9.17) is 10.5 Å². The molecule has 5 heteroatoms. The van der Waals surface area contributed by atoms with Gasteiger partial charge in [-0.2, -0.15) is 0 Å². The normalized spacial score (nSPS) is 10.2. The van der Waals surface area contributed by atoms with Gasteiger partial charge in [-0.3, -0.25) is 4.79 Å². The molecule has 2 aromatic carbocycles. The standard InChI is InChI=1S/C16H17FN2O2/c1-2-21-14-5-3-4-13(9-14)19-10-12-8-11(16(18)20)6-7-15(12)17/h3-9,19H,2,10H2,1H3,(H2,18,20). The van der Waals surface area contributed by atoms with E-state index >= 15 is 0 Å². The highest BCUT2D eigenvalue weighted by molar-refractivity contribution is 5.92. The summed E-state index contributed by atoms with van der Waals surface area (Å²) >= 11 is 0. The molecule has 0 saturated heterocycles. The molecule has 0 heterocycles. The van der Waals surface area contributed by atoms with Gasteiger partial charge in [-0.15, -0.1) is 0 Å². The highest BCUT2D eigenvalue weighted by atomic mass is 19.1. The molecule has 0 atom stereocenters. The number of anilines is 1. The van der Waals surface area contributed by atoms with E-state index in [9.17, 15) is 9.18 Å². The number of nitrogens with two attached hydrogens (primary N) is 1. The van der Waals surface area contributed by atoms with Gasteiger partial charge < -0.3 is 15.8 Å². The molecule has 0 aromatic heterocycles. The van der Waals surface area contributed by atoms with Gasteiger partial charge in [0.2, 0.25) is 5.91 Å². The van der Waals surface area contributed by atoms with Gasteiger partial charge in [0.25, 0.3) is 0 Å². The van der Waals surface area contributed by atoms with E-state index in [1.165, 1.54) is 18.2 Å². The zero-order chi connectivity index (χ0) is 15.2. The predicted molar refractivity (Wildman–Crippen MR) is 79.9 cm³/mol. The predicted octanol–water partition coefficient (Wildman–Crippen LogP) is 2.94. The number of rotatable bonds is 6. The Kier molecular flexibility index (Phi) is 4.77. The summed E-state index contributed by atoms with van der Waals surface area (Å²) < 4.78 is 19.1. The van der Waals surface area contributed by atoms with Crippen LogP contribution in [-0.4, -0.2) is 12.5 Å². The number of benzene rings is 2. The Balaban J connectivity index is 2.10. The summed E-state index contributed by atoms with van der Waals surface area (Å²) in [5, 5.41) is 3.09. The first-order valence-corrected chi connectivity index (χ1v) is 6.65. The Morgan fingerprint density at radius 3 is 2.81 bits per heavy atom. The van der Waals surface area contributed by atoms with E-state index in [1.54, 1.807) is 0 Å². The Labute approximate surface area is 122 Å². The molecule has 0 radical (unpaired) electrons. The van der Waals surface area contributed by atoms with Crippen LogP contribution in [0.3, 0.4) is 0 Å². The molecule has 0 saturated carbocycles. The number of carbonyl (C=O) groups is 1. The van der Waals surface area contributed by atoms with Gasteiger partial charge in [-0.25, -0.2) is 4.39 Å². The van der Waals surface area contributed by atoms with Crippen molar-refractivity contribution >= 4 is 11.6 Å². The smallest absolute Gasteiger partial charge is 0.248 e. The van der Waals surface area contributed by atoms with Crippen molar-refractivity contribution in [1.29, 1.82) is 0 Å². The van der Waals surface area contributed by atoms with Gasteiger partial charge in [-0.05, 0) is 37.3 Å². The third-order valence-electron chi connectivity index (χ3n) is 2.96. The van der Waals surface area contributed by atoms with Crippen LogP contribution in [0.25, 0.3) is 0 Å². The molecule has 110 valence electrons. The van der Waals surface area contributed by atoms with Gasteiger partial charge >= 0.3 is 0 Å². The summed E-state index contributed by atoms with van der Waals surface area (Å²) in [5.74, 6) is -0.211. The van der Waals surface area contributed by atoms with E-state index in [1.807, 2.05) is 31.2 Å². The van der Waals surface area contributed by atoms with Crippen molar-refractivity contribution in [2.45, 2.75) is 13.5 Å². The third-order valence-corrected chi connectivity index (χ3v) is 2.96. The molecule has 0 aliphatic rings. The summed E-state index contributed by atoms with van der Waals surface area (Å²) in [7, 11) is 0. The third kappa shape index (κ3) is 3.95. The van der Waals surface area contributed by atoms with Gasteiger partial charge in [0.05, 0.1) is 6.61 Å². The second-order valence-corrected chi connectivity index (χ2v) is 4.48. The molecule has 2 rings (SSSR count). The monoisotopic (exact) mass is 288 g/mol. The first kappa shape index (κ1) is 14.8. The van der Waals surface area contributed by atoms with Crippen molar-refractivity contribution in [2.24, 2.45) is 5.73 Å². The Morgan fingerprint density at radius 1 is 1.29 bits per heavy atom. The fraction of sp³-hybridized carbons (Fsp3) is 0.188.